The fourth-order valence-corrected chi connectivity index (χ4v) is 4.01. The minimum absolute atomic E-state index is 0.00537. The Kier molecular flexibility index (Phi) is 3.88. The molecule has 0 saturated carbocycles. The molecule has 128 valence electrons. The summed E-state index contributed by atoms with van der Waals surface area (Å²) < 4.78 is 2.03. The maximum atomic E-state index is 4.67. The molecule has 0 aliphatic carbocycles. The molecular formula is C18H20N6S. The molecular weight excluding hydrogens is 332 g/mol. The van der Waals surface area contributed by atoms with E-state index in [4.69, 9.17) is 0 Å². The quantitative estimate of drug-likeness (QED) is 0.597. The number of anilines is 1. The third-order valence-corrected chi connectivity index (χ3v) is 5.30. The van der Waals surface area contributed by atoms with E-state index in [1.165, 1.54) is 5.56 Å². The van der Waals surface area contributed by atoms with Crippen LogP contribution in [0.5, 0.6) is 0 Å². The summed E-state index contributed by atoms with van der Waals surface area (Å²) in [6.45, 7) is 8.37. The van der Waals surface area contributed by atoms with Gasteiger partial charge in [-0.05, 0) is 42.8 Å². The van der Waals surface area contributed by atoms with Crippen molar-refractivity contribution in [2.75, 3.05) is 5.32 Å². The molecule has 0 unspecified atom stereocenters. The maximum absolute atomic E-state index is 4.67. The molecule has 1 atom stereocenters. The molecule has 0 aliphatic rings. The zero-order valence-electron chi connectivity index (χ0n) is 14.7. The van der Waals surface area contributed by atoms with E-state index < -0.39 is 0 Å². The molecule has 0 aliphatic heterocycles. The Labute approximate surface area is 150 Å². The summed E-state index contributed by atoms with van der Waals surface area (Å²) in [4.78, 5) is 10.2. The van der Waals surface area contributed by atoms with Crippen molar-refractivity contribution in [2.24, 2.45) is 5.92 Å². The molecule has 4 aromatic rings. The smallest absolute Gasteiger partial charge is 0.160 e. The number of aromatic nitrogens is 5. The highest BCUT2D eigenvalue weighted by molar-refractivity contribution is 7.17. The Morgan fingerprint density at radius 2 is 1.96 bits per heavy atom. The van der Waals surface area contributed by atoms with Crippen LogP contribution in [-0.4, -0.2) is 24.6 Å². The predicted octanol–water partition coefficient (Wildman–Crippen LogP) is 4.16. The summed E-state index contributed by atoms with van der Waals surface area (Å²) in [5.74, 6) is 2.85. The van der Waals surface area contributed by atoms with Gasteiger partial charge in [-0.25, -0.2) is 9.97 Å². The molecule has 0 bridgehead atoms. The van der Waals surface area contributed by atoms with Gasteiger partial charge in [0.2, 0.25) is 0 Å². The molecule has 0 saturated heterocycles. The van der Waals surface area contributed by atoms with E-state index in [1.54, 1.807) is 11.3 Å². The monoisotopic (exact) mass is 352 g/mol. The zero-order valence-corrected chi connectivity index (χ0v) is 15.5. The van der Waals surface area contributed by atoms with Gasteiger partial charge >= 0.3 is 0 Å². The summed E-state index contributed by atoms with van der Waals surface area (Å²) in [7, 11) is 0. The highest BCUT2D eigenvalue weighted by Crippen LogP contribution is 2.33. The van der Waals surface area contributed by atoms with E-state index >= 15 is 0 Å². The van der Waals surface area contributed by atoms with Crippen molar-refractivity contribution in [3.8, 4) is 0 Å². The van der Waals surface area contributed by atoms with Crippen LogP contribution in [0.2, 0.25) is 0 Å². The van der Waals surface area contributed by atoms with Gasteiger partial charge in [0.05, 0.1) is 11.4 Å². The van der Waals surface area contributed by atoms with Crippen LogP contribution in [0.1, 0.15) is 37.1 Å². The average molecular weight is 352 g/mol. The Morgan fingerprint density at radius 3 is 2.76 bits per heavy atom. The lowest BCUT2D eigenvalue weighted by Crippen LogP contribution is -2.21. The third kappa shape index (κ3) is 2.74. The molecule has 4 aromatic heterocycles. The van der Waals surface area contributed by atoms with Crippen molar-refractivity contribution in [1.29, 1.82) is 0 Å². The molecule has 25 heavy (non-hydrogen) atoms. The molecule has 4 rings (SSSR count). The van der Waals surface area contributed by atoms with Gasteiger partial charge in [-0.1, -0.05) is 19.9 Å². The number of aryl methyl sites for hydroxylation is 2. The van der Waals surface area contributed by atoms with E-state index in [1.807, 2.05) is 35.7 Å². The molecule has 0 amide bonds. The maximum Gasteiger partial charge on any atom is 0.160 e. The van der Waals surface area contributed by atoms with Crippen molar-refractivity contribution in [2.45, 2.75) is 33.7 Å². The van der Waals surface area contributed by atoms with Gasteiger partial charge in [-0.2, -0.15) is 0 Å². The normalized spacial score (nSPS) is 13.0. The fourth-order valence-electron chi connectivity index (χ4n) is 3.04. The van der Waals surface area contributed by atoms with Crippen molar-refractivity contribution in [3.63, 3.8) is 0 Å². The van der Waals surface area contributed by atoms with Crippen molar-refractivity contribution in [3.05, 3.63) is 47.0 Å². The minimum Gasteiger partial charge on any atom is -0.359 e. The van der Waals surface area contributed by atoms with E-state index in [-0.39, 0.29) is 6.04 Å². The lowest BCUT2D eigenvalue weighted by molar-refractivity contribution is 0.516. The van der Waals surface area contributed by atoms with E-state index in [9.17, 15) is 0 Å². The number of thiophene rings is 1. The minimum atomic E-state index is -0.00537. The number of hydrogen-bond donors (Lipinski definition) is 1. The van der Waals surface area contributed by atoms with Crippen molar-refractivity contribution in [1.82, 2.24) is 24.6 Å². The average Bonchev–Trinajstić information content (AvgIpc) is 3.16. The largest absolute Gasteiger partial charge is 0.359 e. The van der Waals surface area contributed by atoms with Gasteiger partial charge in [0.25, 0.3) is 0 Å². The van der Waals surface area contributed by atoms with E-state index in [0.717, 1.165) is 33.3 Å². The van der Waals surface area contributed by atoms with Crippen LogP contribution in [0.15, 0.2) is 29.8 Å². The molecule has 6 nitrogen and oxygen atoms in total. The fraction of sp³-hybridized carbons (Fsp3) is 0.333. The lowest BCUT2D eigenvalue weighted by atomic mass is 10.0. The van der Waals surface area contributed by atoms with Gasteiger partial charge in [0.15, 0.2) is 11.5 Å². The number of hydrogen-bond acceptors (Lipinski definition) is 6. The van der Waals surface area contributed by atoms with Crippen LogP contribution in [0.3, 0.4) is 0 Å². The Morgan fingerprint density at radius 1 is 1.12 bits per heavy atom. The standard InChI is InChI=1S/C18H20N6S/c1-10(2)15(17-23-22-13-7-5-6-8-24(13)17)21-16-14-11(3)9-25-18(14)20-12(4)19-16/h5-10,15H,1-4H3,(H,19,20,21)/t15-/m1/s1. The van der Waals surface area contributed by atoms with Gasteiger partial charge in [-0.3, -0.25) is 4.40 Å². The van der Waals surface area contributed by atoms with Crippen molar-refractivity contribution < 1.29 is 0 Å². The molecule has 4 heterocycles. The number of nitrogens with zero attached hydrogens (tertiary/aromatic N) is 5. The molecule has 0 radical (unpaired) electrons. The predicted molar refractivity (Wildman–Crippen MR) is 101 cm³/mol. The summed E-state index contributed by atoms with van der Waals surface area (Å²) in [5.41, 5.74) is 2.04. The highest BCUT2D eigenvalue weighted by Gasteiger charge is 2.23. The first-order chi connectivity index (χ1) is 12.0. The van der Waals surface area contributed by atoms with Crippen molar-refractivity contribution >= 4 is 33.0 Å². The van der Waals surface area contributed by atoms with Gasteiger partial charge in [0.1, 0.15) is 16.5 Å². The first-order valence-corrected chi connectivity index (χ1v) is 9.21. The van der Waals surface area contributed by atoms with Crippen LogP contribution >= 0.6 is 11.3 Å². The van der Waals surface area contributed by atoms with Crippen LogP contribution < -0.4 is 5.32 Å². The zero-order chi connectivity index (χ0) is 17.6. The molecule has 7 heteroatoms. The highest BCUT2D eigenvalue weighted by atomic mass is 32.1. The topological polar surface area (TPSA) is 68.0 Å². The van der Waals surface area contributed by atoms with Crippen LogP contribution in [0, 0.1) is 19.8 Å². The summed E-state index contributed by atoms with van der Waals surface area (Å²) in [5, 5.41) is 15.6. The van der Waals surface area contributed by atoms with E-state index in [0.29, 0.717) is 5.92 Å². The number of rotatable bonds is 4. The summed E-state index contributed by atoms with van der Waals surface area (Å²) in [6, 6.07) is 5.92. The molecule has 0 aromatic carbocycles. The second kappa shape index (κ2) is 6.07. The van der Waals surface area contributed by atoms with Gasteiger partial charge < -0.3 is 5.32 Å². The Bertz CT molecular complexity index is 1050. The number of fused-ring (bicyclic) bond motifs is 2. The van der Waals surface area contributed by atoms with Gasteiger partial charge in [-0.15, -0.1) is 21.5 Å². The summed E-state index contributed by atoms with van der Waals surface area (Å²) in [6.07, 6.45) is 2.00. The van der Waals surface area contributed by atoms with Crippen LogP contribution in [0.4, 0.5) is 5.82 Å². The summed E-state index contributed by atoms with van der Waals surface area (Å²) >= 11 is 1.65. The first kappa shape index (κ1) is 16.0. The van der Waals surface area contributed by atoms with Crippen LogP contribution in [0.25, 0.3) is 15.9 Å². The Hall–Kier alpha value is -2.54. The third-order valence-electron chi connectivity index (χ3n) is 4.31. The Balaban J connectivity index is 1.83. The number of pyridine rings is 1. The second-order valence-electron chi connectivity index (χ2n) is 6.57. The molecule has 1 N–H and O–H groups in total. The second-order valence-corrected chi connectivity index (χ2v) is 7.43. The number of nitrogens with one attached hydrogen (secondary N) is 1. The van der Waals surface area contributed by atoms with Gasteiger partial charge in [0, 0.05) is 6.20 Å². The SMILES string of the molecule is Cc1nc(N[C@@H](c2nnc3ccccn23)C(C)C)c2c(C)csc2n1. The first-order valence-electron chi connectivity index (χ1n) is 8.33. The van der Waals surface area contributed by atoms with E-state index in [2.05, 4.69) is 51.6 Å². The lowest BCUT2D eigenvalue weighted by Gasteiger charge is -2.22. The molecule has 0 spiro atoms. The molecule has 0 fully saturated rings. The van der Waals surface area contributed by atoms with Crippen LogP contribution in [-0.2, 0) is 0 Å².